The van der Waals surface area contributed by atoms with Gasteiger partial charge in [0.1, 0.15) is 5.54 Å². The van der Waals surface area contributed by atoms with Crippen LogP contribution in [0.4, 0.5) is 4.79 Å². The average Bonchev–Trinajstić information content (AvgIpc) is 3.03. The van der Waals surface area contributed by atoms with E-state index in [-0.39, 0.29) is 24.3 Å². The normalized spacial score (nSPS) is 25.2. The zero-order valence-corrected chi connectivity index (χ0v) is 12.5. The summed E-state index contributed by atoms with van der Waals surface area (Å²) in [5, 5.41) is 4.91. The largest absolute Gasteiger partial charge is 0.339 e. The molecule has 4 amide bonds. The summed E-state index contributed by atoms with van der Waals surface area (Å²) >= 11 is 0. The van der Waals surface area contributed by atoms with E-state index in [0.29, 0.717) is 19.4 Å². The van der Waals surface area contributed by atoms with Crippen LogP contribution in [0.2, 0.25) is 0 Å². The third-order valence-electron chi connectivity index (χ3n) is 4.40. The maximum atomic E-state index is 12.6. The molecule has 3 rings (SSSR count). The first kappa shape index (κ1) is 14.6. The van der Waals surface area contributed by atoms with Gasteiger partial charge in [-0.1, -0.05) is 37.3 Å². The van der Waals surface area contributed by atoms with Crippen LogP contribution in [0, 0.1) is 5.92 Å². The number of benzene rings is 1. The van der Waals surface area contributed by atoms with Crippen molar-refractivity contribution in [3.8, 4) is 0 Å². The highest BCUT2D eigenvalue weighted by Gasteiger charge is 2.51. The van der Waals surface area contributed by atoms with Gasteiger partial charge in [0.05, 0.1) is 6.54 Å². The van der Waals surface area contributed by atoms with Gasteiger partial charge in [0.2, 0.25) is 5.91 Å². The number of nitrogens with zero attached hydrogens (tertiary/aromatic N) is 1. The second kappa shape index (κ2) is 5.44. The molecule has 6 nitrogen and oxygen atoms in total. The number of likely N-dealkylation sites (tertiary alicyclic amines) is 1. The number of hydrogen-bond acceptors (Lipinski definition) is 3. The predicted molar refractivity (Wildman–Crippen MR) is 79.9 cm³/mol. The van der Waals surface area contributed by atoms with Crippen LogP contribution < -0.4 is 10.6 Å². The fourth-order valence-corrected chi connectivity index (χ4v) is 3.18. The molecule has 6 heteroatoms. The number of carbonyl (C=O) groups excluding carboxylic acids is 3. The van der Waals surface area contributed by atoms with Crippen LogP contribution in [0.25, 0.3) is 0 Å². The highest BCUT2D eigenvalue weighted by atomic mass is 16.2. The van der Waals surface area contributed by atoms with E-state index < -0.39 is 11.6 Å². The highest BCUT2D eigenvalue weighted by molar-refractivity contribution is 6.07. The number of imide groups is 1. The third kappa shape index (κ3) is 2.56. The molecule has 2 saturated heterocycles. The second-order valence-electron chi connectivity index (χ2n) is 6.09. The van der Waals surface area contributed by atoms with Crippen molar-refractivity contribution >= 4 is 17.8 Å². The van der Waals surface area contributed by atoms with E-state index in [4.69, 9.17) is 0 Å². The van der Waals surface area contributed by atoms with Gasteiger partial charge in [-0.15, -0.1) is 0 Å². The molecule has 1 aromatic rings. The zero-order chi connectivity index (χ0) is 15.7. The molecule has 2 unspecified atom stereocenters. The first-order valence-corrected chi connectivity index (χ1v) is 7.46. The minimum atomic E-state index is -0.931. The molecule has 2 heterocycles. The maximum absolute atomic E-state index is 12.6. The lowest BCUT2D eigenvalue weighted by molar-refractivity contribution is -0.134. The Balaban J connectivity index is 1.64. The second-order valence-corrected chi connectivity index (χ2v) is 6.09. The topological polar surface area (TPSA) is 78.5 Å². The molecule has 0 radical (unpaired) electrons. The molecule has 0 saturated carbocycles. The molecule has 2 fully saturated rings. The number of amides is 4. The van der Waals surface area contributed by atoms with Crippen molar-refractivity contribution in [2.45, 2.75) is 25.3 Å². The molecule has 2 aliphatic rings. The van der Waals surface area contributed by atoms with Gasteiger partial charge in [0, 0.05) is 12.5 Å². The Morgan fingerprint density at radius 1 is 1.32 bits per heavy atom. The molecule has 2 N–H and O–H groups in total. The van der Waals surface area contributed by atoms with Gasteiger partial charge < -0.3 is 10.2 Å². The van der Waals surface area contributed by atoms with Gasteiger partial charge in [0.25, 0.3) is 5.91 Å². The Bertz CT molecular complexity index is 616. The van der Waals surface area contributed by atoms with Crippen LogP contribution in [-0.2, 0) is 16.0 Å². The van der Waals surface area contributed by atoms with Gasteiger partial charge in [-0.2, -0.15) is 0 Å². The van der Waals surface area contributed by atoms with Crippen LogP contribution in [0.5, 0.6) is 0 Å². The summed E-state index contributed by atoms with van der Waals surface area (Å²) in [6, 6.07) is 9.38. The number of rotatable bonds is 3. The SMILES string of the molecule is CC(Cc1ccccc1)C(=O)N1CCC2(C1)NC(=O)NC2=O. The molecular formula is C16H19N3O3. The molecule has 116 valence electrons. The Labute approximate surface area is 128 Å². The van der Waals surface area contributed by atoms with Crippen molar-refractivity contribution in [1.29, 1.82) is 0 Å². The van der Waals surface area contributed by atoms with Crippen molar-refractivity contribution in [2.24, 2.45) is 5.92 Å². The summed E-state index contributed by atoms with van der Waals surface area (Å²) in [7, 11) is 0. The first-order chi connectivity index (χ1) is 10.5. The Hall–Kier alpha value is -2.37. The van der Waals surface area contributed by atoms with Crippen molar-refractivity contribution in [1.82, 2.24) is 15.5 Å². The van der Waals surface area contributed by atoms with Crippen molar-refractivity contribution in [3.05, 3.63) is 35.9 Å². The summed E-state index contributed by atoms with van der Waals surface area (Å²) in [6.45, 7) is 2.64. The number of hydrogen-bond donors (Lipinski definition) is 2. The minimum absolute atomic E-state index is 0.0228. The molecule has 0 bridgehead atoms. The van der Waals surface area contributed by atoms with E-state index in [1.807, 2.05) is 37.3 Å². The van der Waals surface area contributed by atoms with E-state index >= 15 is 0 Å². The van der Waals surface area contributed by atoms with Crippen molar-refractivity contribution in [2.75, 3.05) is 13.1 Å². The smallest absolute Gasteiger partial charge is 0.322 e. The van der Waals surface area contributed by atoms with Crippen molar-refractivity contribution < 1.29 is 14.4 Å². The van der Waals surface area contributed by atoms with E-state index in [1.54, 1.807) is 4.90 Å². The van der Waals surface area contributed by atoms with Crippen LogP contribution in [0.1, 0.15) is 18.9 Å². The van der Waals surface area contributed by atoms with E-state index in [0.717, 1.165) is 5.56 Å². The van der Waals surface area contributed by atoms with E-state index in [1.165, 1.54) is 0 Å². The zero-order valence-electron chi connectivity index (χ0n) is 12.5. The van der Waals surface area contributed by atoms with Gasteiger partial charge in [-0.3, -0.25) is 14.9 Å². The Kier molecular flexibility index (Phi) is 3.60. The van der Waals surface area contributed by atoms with Crippen LogP contribution in [-0.4, -0.2) is 41.4 Å². The first-order valence-electron chi connectivity index (χ1n) is 7.46. The fraction of sp³-hybridized carbons (Fsp3) is 0.438. The number of carbonyl (C=O) groups is 3. The summed E-state index contributed by atoms with van der Waals surface area (Å²) in [5.41, 5.74) is 0.184. The summed E-state index contributed by atoms with van der Waals surface area (Å²) in [6.07, 6.45) is 1.14. The van der Waals surface area contributed by atoms with Crippen LogP contribution >= 0.6 is 0 Å². The van der Waals surface area contributed by atoms with Gasteiger partial charge >= 0.3 is 6.03 Å². The van der Waals surface area contributed by atoms with Crippen LogP contribution in [0.3, 0.4) is 0 Å². The minimum Gasteiger partial charge on any atom is -0.339 e. The fourth-order valence-electron chi connectivity index (χ4n) is 3.18. The Morgan fingerprint density at radius 3 is 2.68 bits per heavy atom. The molecule has 0 aromatic heterocycles. The van der Waals surface area contributed by atoms with Gasteiger partial charge in [-0.05, 0) is 18.4 Å². The predicted octanol–water partition coefficient (Wildman–Crippen LogP) is 0.676. The van der Waals surface area contributed by atoms with Crippen LogP contribution in [0.15, 0.2) is 30.3 Å². The van der Waals surface area contributed by atoms with E-state index in [9.17, 15) is 14.4 Å². The molecule has 0 aliphatic carbocycles. The van der Waals surface area contributed by atoms with Gasteiger partial charge in [0.15, 0.2) is 0 Å². The molecule has 1 spiro atoms. The van der Waals surface area contributed by atoms with Gasteiger partial charge in [-0.25, -0.2) is 4.79 Å². The molecular weight excluding hydrogens is 282 g/mol. The van der Waals surface area contributed by atoms with E-state index in [2.05, 4.69) is 10.6 Å². The Morgan fingerprint density at radius 2 is 2.05 bits per heavy atom. The highest BCUT2D eigenvalue weighted by Crippen LogP contribution is 2.26. The monoisotopic (exact) mass is 301 g/mol. The lowest BCUT2D eigenvalue weighted by Crippen LogP contribution is -2.50. The average molecular weight is 301 g/mol. The number of urea groups is 1. The lowest BCUT2D eigenvalue weighted by Gasteiger charge is -2.23. The quantitative estimate of drug-likeness (QED) is 0.806. The molecule has 22 heavy (non-hydrogen) atoms. The van der Waals surface area contributed by atoms with Crippen molar-refractivity contribution in [3.63, 3.8) is 0 Å². The molecule has 1 aromatic carbocycles. The maximum Gasteiger partial charge on any atom is 0.322 e. The summed E-state index contributed by atoms with van der Waals surface area (Å²) in [5.74, 6) is -0.462. The number of nitrogens with one attached hydrogen (secondary N) is 2. The molecule has 2 atom stereocenters. The third-order valence-corrected chi connectivity index (χ3v) is 4.40. The molecule has 2 aliphatic heterocycles. The lowest BCUT2D eigenvalue weighted by atomic mass is 9.98. The summed E-state index contributed by atoms with van der Waals surface area (Å²) < 4.78 is 0. The summed E-state index contributed by atoms with van der Waals surface area (Å²) in [4.78, 5) is 37.5. The standard InChI is InChI=1S/C16H19N3O3/c1-11(9-12-5-3-2-4-6-12)13(20)19-8-7-16(10-19)14(21)17-15(22)18-16/h2-6,11H,7-10H2,1H3,(H2,17,18,21,22).